The summed E-state index contributed by atoms with van der Waals surface area (Å²) in [5.74, 6) is 2.92. The molecule has 6 heteroatoms. The van der Waals surface area contributed by atoms with Gasteiger partial charge in [-0.15, -0.1) is 0 Å². The van der Waals surface area contributed by atoms with Gasteiger partial charge in [0.05, 0.1) is 12.2 Å². The van der Waals surface area contributed by atoms with Crippen molar-refractivity contribution in [3.8, 4) is 0 Å². The average molecular weight is 559 g/mol. The lowest BCUT2D eigenvalue weighted by Gasteiger charge is -2.41. The predicted octanol–water partition coefficient (Wildman–Crippen LogP) is 9.84. The van der Waals surface area contributed by atoms with Crippen LogP contribution < -0.4 is 0 Å². The molecule has 0 bridgehead atoms. The van der Waals surface area contributed by atoms with E-state index in [9.17, 15) is 0 Å². The Morgan fingerprint density at radius 1 is 0.500 bits per heavy atom. The predicted molar refractivity (Wildman–Crippen MR) is 169 cm³/mol. The van der Waals surface area contributed by atoms with Gasteiger partial charge < -0.3 is 13.3 Å². The van der Waals surface area contributed by atoms with Gasteiger partial charge in [0.1, 0.15) is 0 Å². The summed E-state index contributed by atoms with van der Waals surface area (Å²) in [6, 6.07) is 0. The fourth-order valence-corrected chi connectivity index (χ4v) is 9.66. The van der Waals surface area contributed by atoms with Crippen LogP contribution in [-0.4, -0.2) is 43.3 Å². The minimum atomic E-state index is -1.69. The minimum Gasteiger partial charge on any atom is -0.414 e. The van der Waals surface area contributed by atoms with E-state index in [4.69, 9.17) is 13.3 Å². The first-order valence-corrected chi connectivity index (χ1v) is 25.0. The molecule has 0 N–H and O–H groups in total. The van der Waals surface area contributed by atoms with Crippen molar-refractivity contribution in [2.75, 3.05) is 0 Å². The van der Waals surface area contributed by atoms with Crippen molar-refractivity contribution in [2.45, 2.75) is 145 Å². The molecule has 0 aromatic carbocycles. The molecule has 0 aliphatic rings. The van der Waals surface area contributed by atoms with Crippen molar-refractivity contribution in [1.29, 1.82) is 0 Å². The summed E-state index contributed by atoms with van der Waals surface area (Å²) in [5, 5.41) is 0. The van der Waals surface area contributed by atoms with Gasteiger partial charge in [0.25, 0.3) is 0 Å². The SMILES string of the molecule is C/C=C/[C@@H](C)[C@H](O[Si](C)(C)C)[C@H](C)C[C@@H](C)[C@H](O[Si](C)(C)C)[C@H](C)C[C@@H](C)[C@H](O[Si](C)(C)C)C(C)C. The second kappa shape index (κ2) is 15.2. The number of hydrogen-bond acceptors (Lipinski definition) is 3. The molecule has 0 heterocycles. The lowest BCUT2D eigenvalue weighted by atomic mass is 9.78. The van der Waals surface area contributed by atoms with Crippen molar-refractivity contribution in [1.82, 2.24) is 0 Å². The van der Waals surface area contributed by atoms with Crippen LogP contribution in [0.5, 0.6) is 0 Å². The smallest absolute Gasteiger partial charge is 0.184 e. The Balaban J connectivity index is 5.78. The standard InChI is InChI=1S/C30H66O3Si3/c1-18-19-23(4)29(32-35(12,13)14)25(6)21-27(8)30(33-36(15,16)17)26(7)20-24(5)28(22(2)3)31-34(9,10)11/h18-19,22-30H,20-21H2,1-17H3/b19-18+/t23-,24-,25-,26-,27-,28-,29+,30-/m1/s1. The van der Waals surface area contributed by atoms with Crippen LogP contribution in [0.25, 0.3) is 0 Å². The van der Waals surface area contributed by atoms with E-state index in [2.05, 4.69) is 126 Å². The molecule has 0 radical (unpaired) electrons. The Morgan fingerprint density at radius 3 is 1.14 bits per heavy atom. The molecule has 0 fully saturated rings. The van der Waals surface area contributed by atoms with E-state index in [1.807, 2.05) is 0 Å². The second-order valence-corrected chi connectivity index (χ2v) is 28.5. The van der Waals surface area contributed by atoms with Crippen molar-refractivity contribution < 1.29 is 13.3 Å². The Kier molecular flexibility index (Phi) is 15.3. The molecule has 8 atom stereocenters. The van der Waals surface area contributed by atoms with Gasteiger partial charge in [-0.2, -0.15) is 0 Å². The molecule has 216 valence electrons. The first-order chi connectivity index (χ1) is 16.1. The summed E-state index contributed by atoms with van der Waals surface area (Å²) in [6.07, 6.45) is 7.61. The second-order valence-electron chi connectivity index (χ2n) is 15.1. The summed E-state index contributed by atoms with van der Waals surface area (Å²) in [5.41, 5.74) is 0. The van der Waals surface area contributed by atoms with Crippen LogP contribution in [0.15, 0.2) is 12.2 Å². The van der Waals surface area contributed by atoms with Crippen molar-refractivity contribution >= 4 is 25.0 Å². The van der Waals surface area contributed by atoms with Crippen molar-refractivity contribution in [2.24, 2.45) is 35.5 Å². The highest BCUT2D eigenvalue weighted by Crippen LogP contribution is 2.35. The quantitative estimate of drug-likeness (QED) is 0.131. The maximum Gasteiger partial charge on any atom is 0.184 e. The number of hydrogen-bond donors (Lipinski definition) is 0. The van der Waals surface area contributed by atoms with Gasteiger partial charge in [-0.1, -0.05) is 60.6 Å². The van der Waals surface area contributed by atoms with E-state index in [1.54, 1.807) is 0 Å². The largest absolute Gasteiger partial charge is 0.414 e. The Hall–Kier alpha value is 0.271. The minimum absolute atomic E-state index is 0.257. The topological polar surface area (TPSA) is 27.7 Å². The van der Waals surface area contributed by atoms with E-state index in [1.165, 1.54) is 0 Å². The molecule has 0 aromatic heterocycles. The maximum atomic E-state index is 6.95. The molecule has 3 nitrogen and oxygen atoms in total. The first-order valence-electron chi connectivity index (χ1n) is 14.7. The fraction of sp³-hybridized carbons (Fsp3) is 0.933. The van der Waals surface area contributed by atoms with E-state index >= 15 is 0 Å². The third-order valence-electron chi connectivity index (χ3n) is 6.87. The van der Waals surface area contributed by atoms with E-state index in [0.29, 0.717) is 41.6 Å². The zero-order chi connectivity index (χ0) is 28.6. The van der Waals surface area contributed by atoms with Gasteiger partial charge in [0.15, 0.2) is 25.0 Å². The van der Waals surface area contributed by atoms with Gasteiger partial charge >= 0.3 is 0 Å². The summed E-state index contributed by atoms with van der Waals surface area (Å²) in [7, 11) is -4.94. The highest BCUT2D eigenvalue weighted by molar-refractivity contribution is 6.70. The molecule has 0 saturated heterocycles. The monoisotopic (exact) mass is 558 g/mol. The lowest BCUT2D eigenvalue weighted by Crippen LogP contribution is -2.44. The molecule has 0 saturated carbocycles. The number of allylic oxidation sites excluding steroid dienone is 1. The maximum absolute atomic E-state index is 6.95. The molecular weight excluding hydrogens is 493 g/mol. The summed E-state index contributed by atoms with van der Waals surface area (Å²) in [6.45, 7) is 39.6. The summed E-state index contributed by atoms with van der Waals surface area (Å²) in [4.78, 5) is 0. The van der Waals surface area contributed by atoms with Crippen LogP contribution in [0.2, 0.25) is 58.9 Å². The summed E-state index contributed by atoms with van der Waals surface area (Å²) >= 11 is 0. The Morgan fingerprint density at radius 2 is 0.806 bits per heavy atom. The molecule has 0 aromatic rings. The van der Waals surface area contributed by atoms with Crippen LogP contribution >= 0.6 is 0 Å². The molecular formula is C30H66O3Si3. The van der Waals surface area contributed by atoms with Crippen LogP contribution in [0.1, 0.15) is 68.2 Å². The Bertz CT molecular complexity index is 631. The van der Waals surface area contributed by atoms with Crippen LogP contribution in [-0.2, 0) is 13.3 Å². The van der Waals surface area contributed by atoms with Gasteiger partial charge in [-0.3, -0.25) is 0 Å². The zero-order valence-corrected chi connectivity index (χ0v) is 30.5. The average Bonchev–Trinajstić information content (AvgIpc) is 2.65. The third-order valence-corrected chi connectivity index (χ3v) is 9.81. The van der Waals surface area contributed by atoms with Crippen LogP contribution in [0.4, 0.5) is 0 Å². The molecule has 0 unspecified atom stereocenters. The van der Waals surface area contributed by atoms with E-state index < -0.39 is 25.0 Å². The van der Waals surface area contributed by atoms with Crippen molar-refractivity contribution in [3.05, 3.63) is 12.2 Å². The lowest BCUT2D eigenvalue weighted by molar-refractivity contribution is 0.0206. The molecule has 0 aliphatic carbocycles. The van der Waals surface area contributed by atoms with Gasteiger partial charge in [0.2, 0.25) is 0 Å². The van der Waals surface area contributed by atoms with Crippen LogP contribution in [0, 0.1) is 35.5 Å². The molecule has 0 rings (SSSR count). The van der Waals surface area contributed by atoms with Gasteiger partial charge in [-0.05, 0) is 114 Å². The molecule has 0 aliphatic heterocycles. The zero-order valence-electron chi connectivity index (χ0n) is 27.5. The van der Waals surface area contributed by atoms with Gasteiger partial charge in [-0.25, -0.2) is 0 Å². The van der Waals surface area contributed by atoms with Crippen LogP contribution in [0.3, 0.4) is 0 Å². The molecule has 36 heavy (non-hydrogen) atoms. The fourth-order valence-electron chi connectivity index (χ4n) is 5.79. The number of rotatable bonds is 17. The highest BCUT2D eigenvalue weighted by atomic mass is 28.4. The highest BCUT2D eigenvalue weighted by Gasteiger charge is 2.36. The third kappa shape index (κ3) is 15.0. The first kappa shape index (κ1) is 36.3. The Labute approximate surface area is 230 Å². The van der Waals surface area contributed by atoms with Gasteiger partial charge in [0, 0.05) is 6.10 Å². The van der Waals surface area contributed by atoms with Crippen molar-refractivity contribution in [3.63, 3.8) is 0 Å². The molecule has 0 amide bonds. The normalized spacial score (nSPS) is 20.7. The summed E-state index contributed by atoms with van der Waals surface area (Å²) < 4.78 is 20.4. The van der Waals surface area contributed by atoms with E-state index in [0.717, 1.165) is 12.8 Å². The van der Waals surface area contributed by atoms with E-state index in [-0.39, 0.29) is 12.2 Å². The molecule has 0 spiro atoms.